The Morgan fingerprint density at radius 3 is 2.88 bits per heavy atom. The number of rotatable bonds is 4. The first-order chi connectivity index (χ1) is 8.22. The average molecular weight is 235 g/mol. The second-order valence-corrected chi connectivity index (χ2v) is 3.45. The lowest BCUT2D eigenvalue weighted by Gasteiger charge is -2.13. The van der Waals surface area contributed by atoms with Crippen LogP contribution in [-0.4, -0.2) is 27.0 Å². The third-order valence-corrected chi connectivity index (χ3v) is 2.30. The summed E-state index contributed by atoms with van der Waals surface area (Å²) < 4.78 is 4.99. The number of hydrogen-bond donors (Lipinski definition) is 3. The Kier molecular flexibility index (Phi) is 3.08. The quantitative estimate of drug-likeness (QED) is 0.724. The lowest BCUT2D eigenvalue weighted by atomic mass is 10.3. The lowest BCUT2D eigenvalue weighted by Crippen LogP contribution is -2.16. The van der Waals surface area contributed by atoms with E-state index in [4.69, 9.17) is 4.74 Å². The van der Waals surface area contributed by atoms with Crippen LogP contribution in [0.1, 0.15) is 18.8 Å². The summed E-state index contributed by atoms with van der Waals surface area (Å²) in [6.45, 7) is 1.90. The molecule has 90 valence electrons. The Hall–Kier alpha value is -2.31. The normalized spacial score (nSPS) is 12.1. The maximum Gasteiger partial charge on any atom is 0.295 e. The summed E-state index contributed by atoms with van der Waals surface area (Å²) in [7, 11) is 1.43. The van der Waals surface area contributed by atoms with Crippen molar-refractivity contribution in [2.45, 2.75) is 13.0 Å². The molecule has 0 bridgehead atoms. The van der Waals surface area contributed by atoms with Gasteiger partial charge in [-0.05, 0) is 6.92 Å². The molecule has 2 aromatic heterocycles. The zero-order chi connectivity index (χ0) is 12.3. The van der Waals surface area contributed by atoms with E-state index >= 15 is 0 Å². The third kappa shape index (κ3) is 2.27. The van der Waals surface area contributed by atoms with Crippen molar-refractivity contribution in [3.05, 3.63) is 34.9 Å². The van der Waals surface area contributed by atoms with Gasteiger partial charge in [0, 0.05) is 12.4 Å². The minimum atomic E-state index is -0.323. The maximum absolute atomic E-state index is 11.5. The summed E-state index contributed by atoms with van der Waals surface area (Å²) in [5.41, 5.74) is -0.323. The molecule has 0 aliphatic carbocycles. The highest BCUT2D eigenvalue weighted by Crippen LogP contribution is 2.20. The Morgan fingerprint density at radius 2 is 2.24 bits per heavy atom. The van der Waals surface area contributed by atoms with E-state index in [2.05, 4.69) is 25.3 Å². The SMILES string of the molecule is COc1c(NC(C)c2ncc[nH]2)nc[nH]c1=O. The van der Waals surface area contributed by atoms with Gasteiger partial charge in [-0.15, -0.1) is 0 Å². The molecule has 0 spiro atoms. The number of nitrogens with zero attached hydrogens (tertiary/aromatic N) is 2. The van der Waals surface area contributed by atoms with E-state index < -0.39 is 0 Å². The number of H-pyrrole nitrogens is 2. The minimum Gasteiger partial charge on any atom is -0.489 e. The molecule has 0 aliphatic heterocycles. The molecule has 2 aromatic rings. The highest BCUT2D eigenvalue weighted by molar-refractivity contribution is 5.48. The average Bonchev–Trinajstić information content (AvgIpc) is 2.82. The van der Waals surface area contributed by atoms with Gasteiger partial charge in [0.25, 0.3) is 5.56 Å². The van der Waals surface area contributed by atoms with Gasteiger partial charge in [-0.3, -0.25) is 4.79 Å². The number of anilines is 1. The number of methoxy groups -OCH3 is 1. The lowest BCUT2D eigenvalue weighted by molar-refractivity contribution is 0.407. The number of hydrogen-bond acceptors (Lipinski definition) is 5. The number of ether oxygens (including phenoxy) is 1. The van der Waals surface area contributed by atoms with E-state index in [1.807, 2.05) is 6.92 Å². The van der Waals surface area contributed by atoms with Crippen LogP contribution in [-0.2, 0) is 0 Å². The first kappa shape index (κ1) is 11.2. The maximum atomic E-state index is 11.5. The summed E-state index contributed by atoms with van der Waals surface area (Å²) in [6, 6.07) is -0.104. The van der Waals surface area contributed by atoms with Crippen molar-refractivity contribution in [2.75, 3.05) is 12.4 Å². The van der Waals surface area contributed by atoms with Gasteiger partial charge in [-0.25, -0.2) is 9.97 Å². The topological polar surface area (TPSA) is 95.7 Å². The standard InChI is InChI=1S/C10H13N5O2/c1-6(8-11-3-4-12-8)15-9-7(17-2)10(16)14-5-13-9/h3-6H,1-2H3,(H,11,12)(H2,13,14,15,16). The predicted octanol–water partition coefficient (Wildman–Crippen LogP) is 0.675. The fraction of sp³-hybridized carbons (Fsp3) is 0.300. The van der Waals surface area contributed by atoms with Crippen LogP contribution in [0.2, 0.25) is 0 Å². The molecule has 7 heteroatoms. The van der Waals surface area contributed by atoms with Crippen molar-refractivity contribution in [2.24, 2.45) is 0 Å². The largest absolute Gasteiger partial charge is 0.489 e. The number of nitrogens with one attached hydrogen (secondary N) is 3. The fourth-order valence-electron chi connectivity index (χ4n) is 1.47. The van der Waals surface area contributed by atoms with Gasteiger partial charge in [0.15, 0.2) is 5.82 Å². The second-order valence-electron chi connectivity index (χ2n) is 3.45. The Balaban J connectivity index is 2.24. The van der Waals surface area contributed by atoms with Crippen LogP contribution in [0.5, 0.6) is 5.75 Å². The fourth-order valence-corrected chi connectivity index (χ4v) is 1.47. The van der Waals surface area contributed by atoms with E-state index in [9.17, 15) is 4.79 Å². The van der Waals surface area contributed by atoms with Gasteiger partial charge in [0.05, 0.1) is 19.5 Å². The summed E-state index contributed by atoms with van der Waals surface area (Å²) in [5.74, 6) is 1.31. The smallest absolute Gasteiger partial charge is 0.295 e. The Morgan fingerprint density at radius 1 is 1.41 bits per heavy atom. The van der Waals surface area contributed by atoms with Gasteiger partial charge < -0.3 is 20.0 Å². The van der Waals surface area contributed by atoms with Crippen molar-refractivity contribution in [1.29, 1.82) is 0 Å². The molecule has 7 nitrogen and oxygen atoms in total. The van der Waals surface area contributed by atoms with Gasteiger partial charge in [-0.2, -0.15) is 0 Å². The second kappa shape index (κ2) is 4.69. The molecule has 3 N–H and O–H groups in total. The van der Waals surface area contributed by atoms with Crippen LogP contribution < -0.4 is 15.6 Å². The monoisotopic (exact) mass is 235 g/mol. The van der Waals surface area contributed by atoms with Gasteiger partial charge >= 0.3 is 0 Å². The van der Waals surface area contributed by atoms with Gasteiger partial charge in [-0.1, -0.05) is 0 Å². The zero-order valence-electron chi connectivity index (χ0n) is 9.52. The zero-order valence-corrected chi connectivity index (χ0v) is 9.52. The van der Waals surface area contributed by atoms with E-state index in [0.717, 1.165) is 5.82 Å². The minimum absolute atomic E-state index is 0.104. The molecule has 0 saturated carbocycles. The van der Waals surface area contributed by atoms with Gasteiger partial charge in [0.1, 0.15) is 5.82 Å². The number of imidazole rings is 1. The van der Waals surface area contributed by atoms with E-state index in [-0.39, 0.29) is 17.4 Å². The first-order valence-corrected chi connectivity index (χ1v) is 5.10. The van der Waals surface area contributed by atoms with E-state index in [1.54, 1.807) is 12.4 Å². The number of aromatic nitrogens is 4. The molecule has 0 fully saturated rings. The summed E-state index contributed by atoms with van der Waals surface area (Å²) in [4.78, 5) is 25.0. The molecule has 17 heavy (non-hydrogen) atoms. The van der Waals surface area contributed by atoms with Crippen LogP contribution in [0, 0.1) is 0 Å². The molecular weight excluding hydrogens is 222 g/mol. The summed E-state index contributed by atoms with van der Waals surface area (Å²) in [5, 5.41) is 3.05. The van der Waals surface area contributed by atoms with Crippen molar-refractivity contribution >= 4 is 5.82 Å². The molecule has 2 heterocycles. The third-order valence-electron chi connectivity index (χ3n) is 2.30. The molecule has 2 rings (SSSR count). The van der Waals surface area contributed by atoms with Crippen LogP contribution in [0.25, 0.3) is 0 Å². The van der Waals surface area contributed by atoms with Crippen molar-refractivity contribution < 1.29 is 4.74 Å². The van der Waals surface area contributed by atoms with Crippen molar-refractivity contribution in [1.82, 2.24) is 19.9 Å². The molecule has 0 aromatic carbocycles. The van der Waals surface area contributed by atoms with Crippen LogP contribution in [0.4, 0.5) is 5.82 Å². The van der Waals surface area contributed by atoms with Crippen LogP contribution >= 0.6 is 0 Å². The molecular formula is C10H13N5O2. The Bertz CT molecular complexity index is 534. The Labute approximate surface area is 97.3 Å². The molecule has 0 aliphatic rings. The first-order valence-electron chi connectivity index (χ1n) is 5.10. The van der Waals surface area contributed by atoms with E-state index in [0.29, 0.717) is 5.82 Å². The van der Waals surface area contributed by atoms with Crippen LogP contribution in [0.15, 0.2) is 23.5 Å². The molecule has 1 atom stereocenters. The summed E-state index contributed by atoms with van der Waals surface area (Å²) >= 11 is 0. The van der Waals surface area contributed by atoms with E-state index in [1.165, 1.54) is 13.4 Å². The van der Waals surface area contributed by atoms with Crippen molar-refractivity contribution in [3.63, 3.8) is 0 Å². The predicted molar refractivity (Wildman–Crippen MR) is 62.0 cm³/mol. The highest BCUT2D eigenvalue weighted by Gasteiger charge is 2.13. The van der Waals surface area contributed by atoms with Gasteiger partial charge in [0.2, 0.25) is 5.75 Å². The highest BCUT2D eigenvalue weighted by atomic mass is 16.5. The molecule has 0 radical (unpaired) electrons. The van der Waals surface area contributed by atoms with Crippen LogP contribution in [0.3, 0.4) is 0 Å². The van der Waals surface area contributed by atoms with Crippen molar-refractivity contribution in [3.8, 4) is 5.75 Å². The summed E-state index contributed by atoms with van der Waals surface area (Å²) in [6.07, 6.45) is 4.72. The molecule has 1 unspecified atom stereocenters. The molecule has 0 saturated heterocycles. The molecule has 0 amide bonds. The number of aromatic amines is 2.